The molecule has 1 aromatic rings. The molecule has 6 nitrogen and oxygen atoms in total. The van der Waals surface area contributed by atoms with E-state index < -0.39 is 11.1 Å². The summed E-state index contributed by atoms with van der Waals surface area (Å²) in [7, 11) is 0. The number of aromatic amines is 1. The van der Waals surface area contributed by atoms with Gasteiger partial charge in [0.1, 0.15) is 5.56 Å². The van der Waals surface area contributed by atoms with Crippen LogP contribution < -0.4 is 16.6 Å². The van der Waals surface area contributed by atoms with E-state index in [0.717, 1.165) is 24.1 Å². The van der Waals surface area contributed by atoms with Crippen molar-refractivity contribution in [1.82, 2.24) is 15.5 Å². The molecule has 22 heavy (non-hydrogen) atoms. The van der Waals surface area contributed by atoms with Gasteiger partial charge in [-0.1, -0.05) is 27.7 Å². The van der Waals surface area contributed by atoms with Gasteiger partial charge in [0.15, 0.2) is 0 Å². The van der Waals surface area contributed by atoms with Gasteiger partial charge >= 0.3 is 0 Å². The smallest absolute Gasteiger partial charge is 0.277 e. The number of nitrogens with two attached hydrogens (primary N) is 1. The average Bonchev–Trinajstić information content (AvgIpc) is 2.51. The van der Waals surface area contributed by atoms with Crippen molar-refractivity contribution in [3.05, 3.63) is 27.2 Å². The second-order valence-electron chi connectivity index (χ2n) is 5.31. The lowest BCUT2D eigenvalue weighted by Crippen LogP contribution is -2.50. The fourth-order valence-corrected chi connectivity index (χ4v) is 2.28. The van der Waals surface area contributed by atoms with Crippen molar-refractivity contribution in [3.8, 4) is 0 Å². The van der Waals surface area contributed by atoms with Crippen molar-refractivity contribution < 1.29 is 4.79 Å². The molecule has 4 N–H and O–H groups in total. The molecule has 1 aromatic heterocycles. The highest BCUT2D eigenvalue weighted by Gasteiger charge is 2.24. The number of H-pyrrole nitrogens is 1. The Labute approximate surface area is 137 Å². The molecule has 0 bridgehead atoms. The zero-order valence-corrected chi connectivity index (χ0v) is 14.6. The van der Waals surface area contributed by atoms with Crippen LogP contribution in [0.3, 0.4) is 0 Å². The molecule has 126 valence electrons. The average molecular weight is 331 g/mol. The van der Waals surface area contributed by atoms with E-state index in [4.69, 9.17) is 5.73 Å². The number of nitrogens with zero attached hydrogens (tertiary/aromatic N) is 1. The fourth-order valence-electron chi connectivity index (χ4n) is 2.28. The third-order valence-corrected chi connectivity index (χ3v) is 4.09. The Hall–Kier alpha value is -1.40. The molecule has 0 aliphatic heterocycles. The van der Waals surface area contributed by atoms with Crippen LogP contribution in [0.1, 0.15) is 62.2 Å². The molecular weight excluding hydrogens is 304 g/mol. The Morgan fingerprint density at radius 2 is 1.82 bits per heavy atom. The van der Waals surface area contributed by atoms with E-state index in [1.54, 1.807) is 0 Å². The van der Waals surface area contributed by atoms with E-state index >= 15 is 0 Å². The van der Waals surface area contributed by atoms with Crippen molar-refractivity contribution >= 4 is 18.3 Å². The van der Waals surface area contributed by atoms with Gasteiger partial charge < -0.3 is 11.1 Å². The Morgan fingerprint density at radius 1 is 1.23 bits per heavy atom. The molecule has 1 rings (SSSR count). The van der Waals surface area contributed by atoms with Crippen LogP contribution in [0.4, 0.5) is 0 Å². The maximum Gasteiger partial charge on any atom is 0.277 e. The number of aryl methyl sites for hydroxylation is 1. The molecule has 0 fully saturated rings. The molecule has 0 aromatic carbocycles. The maximum absolute atomic E-state index is 12.4. The maximum atomic E-state index is 12.4. The van der Waals surface area contributed by atoms with Crippen molar-refractivity contribution in [2.45, 2.75) is 58.9 Å². The van der Waals surface area contributed by atoms with E-state index in [9.17, 15) is 9.59 Å². The molecule has 0 saturated carbocycles. The summed E-state index contributed by atoms with van der Waals surface area (Å²) in [6.45, 7) is 8.19. The highest BCUT2D eigenvalue weighted by molar-refractivity contribution is 5.95. The van der Waals surface area contributed by atoms with Gasteiger partial charge in [-0.3, -0.25) is 9.59 Å². The minimum atomic E-state index is -0.447. The van der Waals surface area contributed by atoms with Gasteiger partial charge in [-0.2, -0.15) is 5.10 Å². The zero-order chi connectivity index (χ0) is 16.0. The first kappa shape index (κ1) is 20.6. The van der Waals surface area contributed by atoms with Gasteiger partial charge in [0.2, 0.25) is 0 Å². The first-order valence-corrected chi connectivity index (χ1v) is 7.59. The number of halogens is 1. The Balaban J connectivity index is 0.00000441. The SMILES string of the molecule is CCc1n[nH]c(=O)c(C(=O)NCC(N)(CC)CC)c1CC.Cl. The predicted molar refractivity (Wildman–Crippen MR) is 90.7 cm³/mol. The number of aromatic nitrogens is 2. The minimum absolute atomic E-state index is 0. The van der Waals surface area contributed by atoms with Crippen LogP contribution >= 0.6 is 12.4 Å². The normalized spacial score (nSPS) is 11.0. The largest absolute Gasteiger partial charge is 0.350 e. The third kappa shape index (κ3) is 4.55. The lowest BCUT2D eigenvalue weighted by atomic mass is 9.94. The number of hydrogen-bond acceptors (Lipinski definition) is 4. The van der Waals surface area contributed by atoms with Crippen LogP contribution in [0, 0.1) is 0 Å². The molecule has 0 aliphatic rings. The van der Waals surface area contributed by atoms with Crippen molar-refractivity contribution in [2.75, 3.05) is 6.54 Å². The van der Waals surface area contributed by atoms with Crippen molar-refractivity contribution in [1.29, 1.82) is 0 Å². The van der Waals surface area contributed by atoms with E-state index in [2.05, 4.69) is 15.5 Å². The summed E-state index contributed by atoms with van der Waals surface area (Å²) in [5, 5.41) is 9.21. The molecule has 0 atom stereocenters. The van der Waals surface area contributed by atoms with Gasteiger partial charge in [-0.15, -0.1) is 12.4 Å². The van der Waals surface area contributed by atoms with Crippen molar-refractivity contribution in [2.24, 2.45) is 5.73 Å². The lowest BCUT2D eigenvalue weighted by Gasteiger charge is -2.26. The van der Waals surface area contributed by atoms with Crippen LogP contribution in [0.2, 0.25) is 0 Å². The van der Waals surface area contributed by atoms with Crippen LogP contribution in [0.5, 0.6) is 0 Å². The standard InChI is InChI=1S/C15H26N4O2.ClH/c1-5-10-11(6-2)18-19-14(21)12(10)13(20)17-9-15(16,7-3)8-4;/h5-9,16H2,1-4H3,(H,17,20)(H,19,21);1H. The predicted octanol–water partition coefficient (Wildman–Crippen LogP) is 1.56. The first-order valence-electron chi connectivity index (χ1n) is 7.59. The lowest BCUT2D eigenvalue weighted by molar-refractivity contribution is 0.0939. The van der Waals surface area contributed by atoms with Gasteiger partial charge in [-0.05, 0) is 31.2 Å². The Kier molecular flexibility index (Phi) is 8.34. The molecule has 0 aliphatic carbocycles. The summed E-state index contributed by atoms with van der Waals surface area (Å²) in [6, 6.07) is 0. The Bertz CT molecular complexity index is 553. The van der Waals surface area contributed by atoms with E-state index in [-0.39, 0.29) is 23.9 Å². The third-order valence-electron chi connectivity index (χ3n) is 4.09. The molecule has 1 heterocycles. The number of amides is 1. The van der Waals surface area contributed by atoms with Crippen LogP contribution in [-0.4, -0.2) is 28.2 Å². The quantitative estimate of drug-likeness (QED) is 0.706. The summed E-state index contributed by atoms with van der Waals surface area (Å²) in [5.41, 5.74) is 6.93. The number of rotatable bonds is 7. The zero-order valence-electron chi connectivity index (χ0n) is 13.8. The molecule has 0 unspecified atom stereocenters. The van der Waals surface area contributed by atoms with E-state index in [0.29, 0.717) is 19.4 Å². The highest BCUT2D eigenvalue weighted by Crippen LogP contribution is 2.12. The number of nitrogens with one attached hydrogen (secondary N) is 2. The second kappa shape index (κ2) is 8.90. The molecule has 1 amide bonds. The number of carbonyl (C=O) groups excluding carboxylic acids is 1. The van der Waals surface area contributed by atoms with Crippen LogP contribution in [-0.2, 0) is 12.8 Å². The molecule has 0 saturated heterocycles. The summed E-state index contributed by atoms with van der Waals surface area (Å²) in [5.74, 6) is -0.373. The van der Waals surface area contributed by atoms with Gasteiger partial charge in [0, 0.05) is 12.1 Å². The van der Waals surface area contributed by atoms with Gasteiger partial charge in [0.05, 0.1) is 5.69 Å². The number of hydrogen-bond donors (Lipinski definition) is 3. The van der Waals surface area contributed by atoms with Crippen molar-refractivity contribution in [3.63, 3.8) is 0 Å². The highest BCUT2D eigenvalue weighted by atomic mass is 35.5. The molecule has 0 spiro atoms. The monoisotopic (exact) mass is 330 g/mol. The second-order valence-corrected chi connectivity index (χ2v) is 5.31. The summed E-state index contributed by atoms with van der Waals surface area (Å²) >= 11 is 0. The summed E-state index contributed by atoms with van der Waals surface area (Å²) < 4.78 is 0. The molecule has 7 heteroatoms. The Morgan fingerprint density at radius 3 is 2.27 bits per heavy atom. The van der Waals surface area contributed by atoms with Crippen LogP contribution in [0.25, 0.3) is 0 Å². The molecule has 0 radical (unpaired) electrons. The van der Waals surface area contributed by atoms with Gasteiger partial charge in [-0.25, -0.2) is 5.10 Å². The minimum Gasteiger partial charge on any atom is -0.350 e. The summed E-state index contributed by atoms with van der Waals surface area (Å²) in [6.07, 6.45) is 2.79. The van der Waals surface area contributed by atoms with Gasteiger partial charge in [0.25, 0.3) is 11.5 Å². The van der Waals surface area contributed by atoms with E-state index in [1.807, 2.05) is 27.7 Å². The summed E-state index contributed by atoms with van der Waals surface area (Å²) in [4.78, 5) is 24.3. The molecular formula is C15H27ClN4O2. The number of carbonyl (C=O) groups is 1. The van der Waals surface area contributed by atoms with Crippen LogP contribution in [0.15, 0.2) is 4.79 Å². The topological polar surface area (TPSA) is 101 Å². The fraction of sp³-hybridized carbons (Fsp3) is 0.667. The van der Waals surface area contributed by atoms with E-state index in [1.165, 1.54) is 0 Å². The first-order chi connectivity index (χ1) is 9.92.